The average molecular weight is 290 g/mol. The predicted molar refractivity (Wildman–Crippen MR) is 83.7 cm³/mol. The Hall–Kier alpha value is -1.39. The zero-order valence-electron chi connectivity index (χ0n) is 13.1. The van der Waals surface area contributed by atoms with Crippen LogP contribution in [0.15, 0.2) is 24.3 Å². The van der Waals surface area contributed by atoms with Crippen LogP contribution in [-0.2, 0) is 11.2 Å². The molecule has 1 aliphatic heterocycles. The maximum absolute atomic E-state index is 12.2. The van der Waals surface area contributed by atoms with E-state index < -0.39 is 0 Å². The van der Waals surface area contributed by atoms with Crippen LogP contribution < -0.4 is 0 Å². The number of aliphatic hydroxyl groups excluding tert-OH is 1. The summed E-state index contributed by atoms with van der Waals surface area (Å²) in [6, 6.07) is 8.44. The fourth-order valence-corrected chi connectivity index (χ4v) is 2.76. The molecule has 0 aromatic heterocycles. The van der Waals surface area contributed by atoms with Crippen LogP contribution in [0.4, 0.5) is 0 Å². The molecule has 0 aliphatic carbocycles. The average Bonchev–Trinajstić information content (AvgIpc) is 2.44. The molecule has 1 heterocycles. The van der Waals surface area contributed by atoms with Crippen LogP contribution >= 0.6 is 0 Å². The number of nitrogens with zero attached hydrogens (tertiary/aromatic N) is 2. The lowest BCUT2D eigenvalue weighted by Gasteiger charge is -2.39. The van der Waals surface area contributed by atoms with Crippen molar-refractivity contribution in [1.82, 2.24) is 10.0 Å². The molecule has 1 atom stereocenters. The molecule has 0 radical (unpaired) electrons. The summed E-state index contributed by atoms with van der Waals surface area (Å²) in [5.41, 5.74) is 2.52. The van der Waals surface area contributed by atoms with Gasteiger partial charge >= 0.3 is 0 Å². The third-order valence-electron chi connectivity index (χ3n) is 3.94. The zero-order chi connectivity index (χ0) is 15.2. The smallest absolute Gasteiger partial charge is 0.236 e. The quantitative estimate of drug-likeness (QED) is 0.873. The molecule has 0 saturated carbocycles. The molecule has 1 saturated heterocycles. The van der Waals surface area contributed by atoms with Crippen LogP contribution in [0, 0.1) is 6.92 Å². The fraction of sp³-hybridized carbons (Fsp3) is 0.588. The normalized spacial score (nSPS) is 18.0. The third kappa shape index (κ3) is 4.83. The van der Waals surface area contributed by atoms with Crippen molar-refractivity contribution in [3.63, 3.8) is 0 Å². The molecule has 1 aliphatic rings. The van der Waals surface area contributed by atoms with E-state index in [4.69, 9.17) is 0 Å². The van der Waals surface area contributed by atoms with Gasteiger partial charge in [0.2, 0.25) is 5.91 Å². The van der Waals surface area contributed by atoms with Crippen LogP contribution in [0.2, 0.25) is 0 Å². The van der Waals surface area contributed by atoms with E-state index in [-0.39, 0.29) is 12.0 Å². The number of aryl methyl sites for hydroxylation is 1. The zero-order valence-corrected chi connectivity index (χ0v) is 13.1. The van der Waals surface area contributed by atoms with E-state index in [9.17, 15) is 9.90 Å². The van der Waals surface area contributed by atoms with Crippen molar-refractivity contribution < 1.29 is 9.90 Å². The maximum atomic E-state index is 12.2. The number of carbonyl (C=O) groups is 1. The summed E-state index contributed by atoms with van der Waals surface area (Å²) in [6.07, 6.45) is 2.81. The van der Waals surface area contributed by atoms with Gasteiger partial charge in [0.25, 0.3) is 0 Å². The summed E-state index contributed by atoms with van der Waals surface area (Å²) in [6.45, 7) is 6.26. The third-order valence-corrected chi connectivity index (χ3v) is 3.94. The lowest BCUT2D eigenvalue weighted by molar-refractivity contribution is -0.156. The van der Waals surface area contributed by atoms with Gasteiger partial charge in [0.05, 0.1) is 6.10 Å². The second-order valence-electron chi connectivity index (χ2n) is 5.95. The number of hydrogen-bond donors (Lipinski definition) is 1. The van der Waals surface area contributed by atoms with Gasteiger partial charge in [-0.1, -0.05) is 29.8 Å². The molecule has 1 aromatic carbocycles. The molecular formula is C17H26N2O2. The molecule has 0 spiro atoms. The molecule has 1 aromatic rings. The molecule has 21 heavy (non-hydrogen) atoms. The van der Waals surface area contributed by atoms with Crippen LogP contribution in [0.3, 0.4) is 0 Å². The summed E-state index contributed by atoms with van der Waals surface area (Å²) in [5, 5.41) is 13.4. The standard InChI is InChI=1S/C17H26N2O2/c1-14-5-3-6-16(13-14)9-12-19-17(21)7-4-10-18(19)11-8-15(2)20/h3,5-6,13,15,20H,4,7-12H2,1-2H3. The number of amides is 1. The first-order chi connectivity index (χ1) is 10.1. The highest BCUT2D eigenvalue weighted by molar-refractivity contribution is 5.76. The SMILES string of the molecule is Cc1cccc(CCN2C(=O)CCCN2CCC(C)O)c1. The number of rotatable bonds is 6. The molecule has 0 bridgehead atoms. The molecule has 1 unspecified atom stereocenters. The van der Waals surface area contributed by atoms with Gasteiger partial charge < -0.3 is 5.11 Å². The van der Waals surface area contributed by atoms with Gasteiger partial charge in [-0.15, -0.1) is 0 Å². The lowest BCUT2D eigenvalue weighted by Crippen LogP contribution is -2.51. The van der Waals surface area contributed by atoms with Gasteiger partial charge in [-0.2, -0.15) is 0 Å². The highest BCUT2D eigenvalue weighted by Crippen LogP contribution is 2.15. The summed E-state index contributed by atoms with van der Waals surface area (Å²) in [7, 11) is 0. The van der Waals surface area contributed by atoms with Crippen LogP contribution in [-0.4, -0.2) is 46.8 Å². The summed E-state index contributed by atoms with van der Waals surface area (Å²) >= 11 is 0. The van der Waals surface area contributed by atoms with Crippen LogP contribution in [0.1, 0.15) is 37.3 Å². The predicted octanol–water partition coefficient (Wildman–Crippen LogP) is 2.15. The Morgan fingerprint density at radius 1 is 1.33 bits per heavy atom. The number of hydrazine groups is 1. The molecule has 4 heteroatoms. The van der Waals surface area contributed by atoms with Gasteiger partial charge in [-0.25, -0.2) is 5.01 Å². The van der Waals surface area contributed by atoms with Crippen molar-refractivity contribution in [3.05, 3.63) is 35.4 Å². The monoisotopic (exact) mass is 290 g/mol. The van der Waals surface area contributed by atoms with Crippen molar-refractivity contribution in [1.29, 1.82) is 0 Å². The van der Waals surface area contributed by atoms with Crippen molar-refractivity contribution >= 4 is 5.91 Å². The van der Waals surface area contributed by atoms with Crippen molar-refractivity contribution in [2.24, 2.45) is 0 Å². The Morgan fingerprint density at radius 2 is 2.14 bits per heavy atom. The minimum Gasteiger partial charge on any atom is -0.393 e. The van der Waals surface area contributed by atoms with E-state index in [1.54, 1.807) is 6.92 Å². The highest BCUT2D eigenvalue weighted by atomic mass is 16.3. The topological polar surface area (TPSA) is 43.8 Å². The van der Waals surface area contributed by atoms with Crippen molar-refractivity contribution in [2.45, 2.75) is 45.6 Å². The Kier molecular flexibility index (Phi) is 5.76. The van der Waals surface area contributed by atoms with Gasteiger partial charge in [-0.3, -0.25) is 9.80 Å². The maximum Gasteiger partial charge on any atom is 0.236 e. The highest BCUT2D eigenvalue weighted by Gasteiger charge is 2.25. The van der Waals surface area contributed by atoms with Gasteiger partial charge in [0, 0.05) is 26.1 Å². The molecule has 1 fully saturated rings. The number of carbonyl (C=O) groups excluding carboxylic acids is 1. The van der Waals surface area contributed by atoms with E-state index in [0.717, 1.165) is 32.5 Å². The Labute approximate surface area is 127 Å². The minimum absolute atomic E-state index is 0.208. The molecule has 116 valence electrons. The molecule has 1 amide bonds. The number of hydrogen-bond acceptors (Lipinski definition) is 3. The van der Waals surface area contributed by atoms with Crippen molar-refractivity contribution in [3.8, 4) is 0 Å². The molecular weight excluding hydrogens is 264 g/mol. The van der Waals surface area contributed by atoms with E-state index in [2.05, 4.69) is 36.2 Å². The second kappa shape index (κ2) is 7.57. The van der Waals surface area contributed by atoms with Gasteiger partial charge in [0.15, 0.2) is 0 Å². The Morgan fingerprint density at radius 3 is 2.86 bits per heavy atom. The number of aliphatic hydroxyl groups is 1. The Balaban J connectivity index is 1.94. The van der Waals surface area contributed by atoms with Gasteiger partial charge in [-0.05, 0) is 38.7 Å². The van der Waals surface area contributed by atoms with E-state index in [1.807, 2.05) is 5.01 Å². The summed E-state index contributed by atoms with van der Waals surface area (Å²) in [4.78, 5) is 12.2. The molecule has 4 nitrogen and oxygen atoms in total. The van der Waals surface area contributed by atoms with E-state index in [0.29, 0.717) is 12.8 Å². The first-order valence-corrected chi connectivity index (χ1v) is 7.85. The van der Waals surface area contributed by atoms with Crippen LogP contribution in [0.5, 0.6) is 0 Å². The molecule has 2 rings (SSSR count). The fourth-order valence-electron chi connectivity index (χ4n) is 2.76. The molecule has 1 N–H and O–H groups in total. The second-order valence-corrected chi connectivity index (χ2v) is 5.95. The first kappa shape index (κ1) is 16.0. The number of benzene rings is 1. The van der Waals surface area contributed by atoms with Crippen LogP contribution in [0.25, 0.3) is 0 Å². The Bertz CT molecular complexity index is 474. The summed E-state index contributed by atoms with van der Waals surface area (Å²) in [5.74, 6) is 0.208. The lowest BCUT2D eigenvalue weighted by atomic mass is 10.1. The van der Waals surface area contributed by atoms with Crippen molar-refractivity contribution in [2.75, 3.05) is 19.6 Å². The summed E-state index contributed by atoms with van der Waals surface area (Å²) < 4.78 is 0. The van der Waals surface area contributed by atoms with E-state index >= 15 is 0 Å². The largest absolute Gasteiger partial charge is 0.393 e. The minimum atomic E-state index is -0.319. The first-order valence-electron chi connectivity index (χ1n) is 7.85. The van der Waals surface area contributed by atoms with E-state index in [1.165, 1.54) is 11.1 Å². The van der Waals surface area contributed by atoms with Gasteiger partial charge in [0.1, 0.15) is 0 Å².